The SMILES string of the molecule is CCCC1CCC(CCc2ccc(-c3cc(F)c(C=CC(F)(F)F)c(F)c3)c(F)c2)CC1. The summed E-state index contributed by atoms with van der Waals surface area (Å²) in [5.74, 6) is -1.48. The highest BCUT2D eigenvalue weighted by Gasteiger charge is 2.23. The van der Waals surface area contributed by atoms with Gasteiger partial charge in [-0.15, -0.1) is 0 Å². The molecule has 0 nitrogen and oxygen atoms in total. The van der Waals surface area contributed by atoms with Crippen LogP contribution in [0.5, 0.6) is 0 Å². The van der Waals surface area contributed by atoms with Crippen molar-refractivity contribution in [3.8, 4) is 11.1 Å². The van der Waals surface area contributed by atoms with E-state index >= 15 is 0 Å². The lowest BCUT2D eigenvalue weighted by Crippen LogP contribution is -2.15. The molecular formula is C26H28F6. The minimum Gasteiger partial charge on any atom is -0.206 e. The van der Waals surface area contributed by atoms with Gasteiger partial charge in [-0.1, -0.05) is 57.6 Å². The Morgan fingerprint density at radius 2 is 1.44 bits per heavy atom. The highest BCUT2D eigenvalue weighted by atomic mass is 19.4. The first-order valence-electron chi connectivity index (χ1n) is 11.2. The highest BCUT2D eigenvalue weighted by molar-refractivity contribution is 5.67. The molecule has 0 heterocycles. The van der Waals surface area contributed by atoms with Gasteiger partial charge in [0.2, 0.25) is 0 Å². The van der Waals surface area contributed by atoms with Crippen molar-refractivity contribution >= 4 is 6.08 Å². The fraction of sp³-hybridized carbons (Fsp3) is 0.462. The third-order valence-electron chi connectivity index (χ3n) is 6.37. The lowest BCUT2D eigenvalue weighted by atomic mass is 9.78. The largest absolute Gasteiger partial charge is 0.409 e. The molecule has 1 saturated carbocycles. The molecule has 2 aromatic carbocycles. The summed E-state index contributed by atoms with van der Waals surface area (Å²) >= 11 is 0. The van der Waals surface area contributed by atoms with E-state index < -0.39 is 29.2 Å². The van der Waals surface area contributed by atoms with Crippen molar-refractivity contribution in [2.75, 3.05) is 0 Å². The Bertz CT molecular complexity index is 913. The molecule has 0 amide bonds. The van der Waals surface area contributed by atoms with Crippen molar-refractivity contribution in [2.24, 2.45) is 11.8 Å². The fourth-order valence-corrected chi connectivity index (χ4v) is 4.61. The van der Waals surface area contributed by atoms with E-state index in [1.165, 1.54) is 50.7 Å². The van der Waals surface area contributed by atoms with Crippen LogP contribution >= 0.6 is 0 Å². The van der Waals surface area contributed by atoms with Gasteiger partial charge in [0.05, 0.1) is 0 Å². The molecule has 1 aliphatic rings. The molecule has 174 valence electrons. The first-order valence-corrected chi connectivity index (χ1v) is 11.2. The molecule has 0 radical (unpaired) electrons. The van der Waals surface area contributed by atoms with Crippen molar-refractivity contribution in [1.82, 2.24) is 0 Å². The van der Waals surface area contributed by atoms with Crippen molar-refractivity contribution in [1.29, 1.82) is 0 Å². The van der Waals surface area contributed by atoms with Gasteiger partial charge in [-0.25, -0.2) is 13.2 Å². The maximum absolute atomic E-state index is 14.7. The second-order valence-corrected chi connectivity index (χ2v) is 8.76. The van der Waals surface area contributed by atoms with Crippen molar-refractivity contribution in [3.63, 3.8) is 0 Å². The Morgan fingerprint density at radius 3 is 1.97 bits per heavy atom. The zero-order valence-corrected chi connectivity index (χ0v) is 18.1. The Hall–Kier alpha value is -2.24. The monoisotopic (exact) mass is 454 g/mol. The van der Waals surface area contributed by atoms with Gasteiger partial charge in [-0.05, 0) is 60.1 Å². The molecule has 1 aliphatic carbocycles. The van der Waals surface area contributed by atoms with Crippen LogP contribution in [0.4, 0.5) is 26.3 Å². The van der Waals surface area contributed by atoms with E-state index in [-0.39, 0.29) is 17.2 Å². The van der Waals surface area contributed by atoms with Gasteiger partial charge in [-0.2, -0.15) is 13.2 Å². The van der Waals surface area contributed by atoms with Gasteiger partial charge in [-0.3, -0.25) is 0 Å². The van der Waals surface area contributed by atoms with E-state index in [1.807, 2.05) is 0 Å². The minimum absolute atomic E-state index is 0.0120. The number of allylic oxidation sites excluding steroid dienone is 1. The second-order valence-electron chi connectivity index (χ2n) is 8.76. The molecule has 0 bridgehead atoms. The Kier molecular flexibility index (Phi) is 8.07. The summed E-state index contributed by atoms with van der Waals surface area (Å²) < 4.78 is 80.0. The van der Waals surface area contributed by atoms with Gasteiger partial charge in [0.1, 0.15) is 17.5 Å². The van der Waals surface area contributed by atoms with Crippen molar-refractivity contribution in [2.45, 2.75) is 64.5 Å². The average molecular weight is 454 g/mol. The summed E-state index contributed by atoms with van der Waals surface area (Å²) in [7, 11) is 0. The van der Waals surface area contributed by atoms with E-state index in [1.54, 1.807) is 6.07 Å². The third-order valence-corrected chi connectivity index (χ3v) is 6.37. The van der Waals surface area contributed by atoms with Crippen molar-refractivity contribution in [3.05, 3.63) is 65.0 Å². The highest BCUT2D eigenvalue weighted by Crippen LogP contribution is 2.34. The van der Waals surface area contributed by atoms with E-state index in [0.29, 0.717) is 12.0 Å². The molecule has 0 atom stereocenters. The molecule has 0 aliphatic heterocycles. The number of alkyl halides is 3. The van der Waals surface area contributed by atoms with Crippen LogP contribution in [0.25, 0.3) is 17.2 Å². The number of halogens is 6. The van der Waals surface area contributed by atoms with E-state index in [4.69, 9.17) is 0 Å². The number of hydrogen-bond acceptors (Lipinski definition) is 0. The minimum atomic E-state index is -4.69. The van der Waals surface area contributed by atoms with Gasteiger partial charge < -0.3 is 0 Å². The molecule has 0 aromatic heterocycles. The quantitative estimate of drug-likeness (QED) is 0.367. The smallest absolute Gasteiger partial charge is 0.206 e. The van der Waals surface area contributed by atoms with Crippen LogP contribution in [0.2, 0.25) is 0 Å². The van der Waals surface area contributed by atoms with E-state index in [2.05, 4.69) is 6.92 Å². The standard InChI is InChI=1S/C26H28F6/c1-2-3-17-4-6-18(7-5-17)8-9-19-10-11-21(23(27)14-19)20-15-24(28)22(25(29)16-20)12-13-26(30,31)32/h10-18H,2-9H2,1H3. The van der Waals surface area contributed by atoms with Crippen LogP contribution in [-0.4, -0.2) is 6.18 Å². The molecule has 1 fully saturated rings. The maximum Gasteiger partial charge on any atom is 0.409 e. The van der Waals surface area contributed by atoms with Crippen LogP contribution < -0.4 is 0 Å². The summed E-state index contributed by atoms with van der Waals surface area (Å²) in [5.41, 5.74) is -0.0233. The second kappa shape index (κ2) is 10.6. The van der Waals surface area contributed by atoms with Crippen LogP contribution in [0.1, 0.15) is 63.0 Å². The number of benzene rings is 2. The molecule has 2 aromatic rings. The lowest BCUT2D eigenvalue weighted by molar-refractivity contribution is -0.0790. The summed E-state index contributed by atoms with van der Waals surface area (Å²) in [6, 6.07) is 6.31. The zero-order chi connectivity index (χ0) is 23.3. The Morgan fingerprint density at radius 1 is 0.844 bits per heavy atom. The molecule has 3 rings (SSSR count). The number of rotatable bonds is 7. The zero-order valence-electron chi connectivity index (χ0n) is 18.1. The predicted octanol–water partition coefficient (Wildman–Crippen LogP) is 8.89. The first kappa shape index (κ1) is 24.4. The van der Waals surface area contributed by atoms with E-state index in [0.717, 1.165) is 36.5 Å². The Labute approximate surface area is 185 Å². The van der Waals surface area contributed by atoms with Crippen LogP contribution in [0, 0.1) is 29.3 Å². The molecule has 0 spiro atoms. The van der Waals surface area contributed by atoms with Gasteiger partial charge >= 0.3 is 6.18 Å². The average Bonchev–Trinajstić information content (AvgIpc) is 2.72. The summed E-state index contributed by atoms with van der Waals surface area (Å²) in [5, 5.41) is 0. The van der Waals surface area contributed by atoms with Crippen LogP contribution in [-0.2, 0) is 6.42 Å². The summed E-state index contributed by atoms with van der Waals surface area (Å²) in [4.78, 5) is 0. The maximum atomic E-state index is 14.7. The molecule has 0 N–H and O–H groups in total. The first-order chi connectivity index (χ1) is 15.2. The topological polar surface area (TPSA) is 0 Å². The normalized spacial score (nSPS) is 19.6. The lowest BCUT2D eigenvalue weighted by Gasteiger charge is -2.28. The summed E-state index contributed by atoms with van der Waals surface area (Å²) in [6.45, 7) is 2.21. The number of hydrogen-bond donors (Lipinski definition) is 0. The molecule has 6 heteroatoms. The Balaban J connectivity index is 1.67. The fourth-order valence-electron chi connectivity index (χ4n) is 4.61. The van der Waals surface area contributed by atoms with Crippen LogP contribution in [0.3, 0.4) is 0 Å². The third kappa shape index (κ3) is 6.63. The van der Waals surface area contributed by atoms with Gasteiger partial charge in [0.25, 0.3) is 0 Å². The van der Waals surface area contributed by atoms with Crippen molar-refractivity contribution < 1.29 is 26.3 Å². The number of aryl methyl sites for hydroxylation is 1. The van der Waals surface area contributed by atoms with Gasteiger partial charge in [0, 0.05) is 17.2 Å². The summed E-state index contributed by atoms with van der Waals surface area (Å²) in [6.07, 6.45) is 4.59. The van der Waals surface area contributed by atoms with Crippen LogP contribution in [0.15, 0.2) is 36.4 Å². The molecule has 32 heavy (non-hydrogen) atoms. The molecular weight excluding hydrogens is 426 g/mol. The molecule has 0 saturated heterocycles. The van der Waals surface area contributed by atoms with E-state index in [9.17, 15) is 26.3 Å². The van der Waals surface area contributed by atoms with Gasteiger partial charge in [0.15, 0.2) is 0 Å². The predicted molar refractivity (Wildman–Crippen MR) is 116 cm³/mol. The molecule has 0 unspecified atom stereocenters.